The number of benzene rings is 1. The van der Waals surface area contributed by atoms with E-state index in [0.717, 1.165) is 52.5 Å². The number of carboxylic acid groups (broad SMARTS) is 1. The van der Waals surface area contributed by atoms with E-state index in [9.17, 15) is 15.1 Å². The van der Waals surface area contributed by atoms with Crippen LogP contribution in [0.3, 0.4) is 0 Å². The van der Waals surface area contributed by atoms with E-state index < -0.39 is 11.9 Å². The molecule has 1 aliphatic rings. The maximum absolute atomic E-state index is 12.1. The van der Waals surface area contributed by atoms with Gasteiger partial charge in [-0.15, -0.1) is 11.8 Å². The summed E-state index contributed by atoms with van der Waals surface area (Å²) in [5.41, 5.74) is 4.20. The lowest BCUT2D eigenvalue weighted by molar-refractivity contribution is -0.146. The van der Waals surface area contributed by atoms with Crippen LogP contribution in [0.2, 0.25) is 0 Å². The molecule has 1 saturated heterocycles. The van der Waals surface area contributed by atoms with Gasteiger partial charge in [0, 0.05) is 36.6 Å². The Balaban J connectivity index is 1.37. The summed E-state index contributed by atoms with van der Waals surface area (Å²) in [6.07, 6.45) is 5.68. The Morgan fingerprint density at radius 1 is 1.26 bits per heavy atom. The Bertz CT molecular complexity index is 1120. The van der Waals surface area contributed by atoms with E-state index in [1.165, 1.54) is 0 Å². The average Bonchev–Trinajstić information content (AvgIpc) is 2.89. The first-order valence-electron chi connectivity index (χ1n) is 11.9. The van der Waals surface area contributed by atoms with Crippen LogP contribution in [0.25, 0.3) is 10.9 Å². The zero-order chi connectivity index (χ0) is 24.6. The largest absolute Gasteiger partial charge is 0.497 e. The quantitative estimate of drug-likeness (QED) is 0.265. The topological polar surface area (TPSA) is 108 Å². The molecule has 0 spiro atoms. The highest BCUT2D eigenvalue weighted by Gasteiger charge is 2.34. The number of aliphatic carboxylic acids is 1. The molecule has 186 valence electrons. The summed E-state index contributed by atoms with van der Waals surface area (Å²) in [5.74, 6) is 0.499. The van der Waals surface area contributed by atoms with Crippen LogP contribution in [0, 0.1) is 11.8 Å². The van der Waals surface area contributed by atoms with Crippen molar-refractivity contribution in [2.45, 2.75) is 30.3 Å². The summed E-state index contributed by atoms with van der Waals surface area (Å²) in [4.78, 5) is 23.1. The van der Waals surface area contributed by atoms with E-state index in [4.69, 9.17) is 4.74 Å². The monoisotopic (exact) mass is 496 g/mol. The fourth-order valence-electron chi connectivity index (χ4n) is 4.86. The molecule has 1 aromatic carbocycles. The van der Waals surface area contributed by atoms with Crippen molar-refractivity contribution >= 4 is 28.6 Å². The van der Waals surface area contributed by atoms with Crippen LogP contribution in [0.15, 0.2) is 59.9 Å². The van der Waals surface area contributed by atoms with Gasteiger partial charge in [0.15, 0.2) is 0 Å². The Labute approximate surface area is 209 Å². The van der Waals surface area contributed by atoms with Crippen molar-refractivity contribution < 1.29 is 19.8 Å². The number of fused-ring (bicyclic) bond motifs is 1. The van der Waals surface area contributed by atoms with E-state index in [-0.39, 0.29) is 12.0 Å². The van der Waals surface area contributed by atoms with Gasteiger partial charge in [-0.3, -0.25) is 9.78 Å². The number of methoxy groups -OCH3 is 1. The SMILES string of the molecule is COc1ccc2nccc([C@@H](CC[C@@H]3CCN(CCSc4ccccn4)C[C@@H]3C(=O)O)NO)c2c1. The zero-order valence-corrected chi connectivity index (χ0v) is 20.7. The van der Waals surface area contributed by atoms with Gasteiger partial charge in [-0.25, -0.2) is 4.98 Å². The standard InChI is InChI=1S/C26H32N4O4S/c1-34-19-6-8-23-21(16-19)20(9-12-27-23)24(29-33)7-5-18-10-13-30(17-22(18)26(31)32)14-15-35-25-4-2-3-11-28-25/h2-4,6,8-9,11-12,16,18,22,24,29,33H,5,7,10,13-15,17H2,1H3,(H,31,32)/t18-,22+,24-/m1/s1. The van der Waals surface area contributed by atoms with Gasteiger partial charge in [0.2, 0.25) is 0 Å². The molecule has 3 atom stereocenters. The third-order valence-corrected chi connectivity index (χ3v) is 7.72. The number of nitrogens with zero attached hydrogens (tertiary/aromatic N) is 3. The number of rotatable bonds is 11. The summed E-state index contributed by atoms with van der Waals surface area (Å²) < 4.78 is 5.36. The normalized spacial score (nSPS) is 19.5. The summed E-state index contributed by atoms with van der Waals surface area (Å²) in [7, 11) is 1.62. The third kappa shape index (κ3) is 6.49. The predicted octanol–water partition coefficient (Wildman–Crippen LogP) is 4.25. The fraction of sp³-hybridized carbons (Fsp3) is 0.423. The Morgan fingerprint density at radius 2 is 2.14 bits per heavy atom. The highest BCUT2D eigenvalue weighted by Crippen LogP contribution is 2.34. The second kappa shape index (κ2) is 12.3. The van der Waals surface area contributed by atoms with E-state index >= 15 is 0 Å². The van der Waals surface area contributed by atoms with Crippen LogP contribution in [-0.4, -0.2) is 63.6 Å². The summed E-state index contributed by atoms with van der Waals surface area (Å²) >= 11 is 1.69. The number of aromatic nitrogens is 2. The number of carbonyl (C=O) groups is 1. The summed E-state index contributed by atoms with van der Waals surface area (Å²) in [6, 6.07) is 13.1. The van der Waals surface area contributed by atoms with Gasteiger partial charge in [-0.1, -0.05) is 6.07 Å². The molecule has 3 N–H and O–H groups in total. The first kappa shape index (κ1) is 25.4. The predicted molar refractivity (Wildman–Crippen MR) is 136 cm³/mol. The lowest BCUT2D eigenvalue weighted by atomic mass is 9.81. The number of thioether (sulfide) groups is 1. The van der Waals surface area contributed by atoms with Crippen molar-refractivity contribution in [2.75, 3.05) is 32.5 Å². The maximum atomic E-state index is 12.1. The highest BCUT2D eigenvalue weighted by atomic mass is 32.2. The molecule has 35 heavy (non-hydrogen) atoms. The molecule has 0 aliphatic carbocycles. The number of hydroxylamine groups is 1. The molecule has 8 nitrogen and oxygen atoms in total. The van der Waals surface area contributed by atoms with Crippen LogP contribution in [-0.2, 0) is 4.79 Å². The van der Waals surface area contributed by atoms with Gasteiger partial charge in [-0.05, 0) is 73.7 Å². The Morgan fingerprint density at radius 3 is 2.89 bits per heavy atom. The molecule has 3 heterocycles. The van der Waals surface area contributed by atoms with E-state index in [1.54, 1.807) is 31.3 Å². The zero-order valence-electron chi connectivity index (χ0n) is 19.8. The Hall–Kier alpha value is -2.72. The fourth-order valence-corrected chi connectivity index (χ4v) is 5.72. The van der Waals surface area contributed by atoms with Crippen LogP contribution in [0.4, 0.5) is 0 Å². The van der Waals surface area contributed by atoms with Gasteiger partial charge in [0.25, 0.3) is 0 Å². The molecule has 0 unspecified atom stereocenters. The molecule has 1 fully saturated rings. The second-order valence-corrected chi connectivity index (χ2v) is 9.97. The van der Waals surface area contributed by atoms with Crippen LogP contribution in [0.1, 0.15) is 30.9 Å². The van der Waals surface area contributed by atoms with Crippen molar-refractivity contribution in [3.63, 3.8) is 0 Å². The molecule has 2 aromatic heterocycles. The number of piperidine rings is 1. The molecular weight excluding hydrogens is 464 g/mol. The van der Waals surface area contributed by atoms with Gasteiger partial charge in [-0.2, -0.15) is 5.48 Å². The first-order chi connectivity index (χ1) is 17.1. The van der Waals surface area contributed by atoms with Crippen molar-refractivity contribution in [3.05, 3.63) is 60.4 Å². The maximum Gasteiger partial charge on any atom is 0.308 e. The van der Waals surface area contributed by atoms with Crippen LogP contribution >= 0.6 is 11.8 Å². The van der Waals surface area contributed by atoms with Crippen molar-refractivity contribution in [1.82, 2.24) is 20.3 Å². The summed E-state index contributed by atoms with van der Waals surface area (Å²) in [6.45, 7) is 2.27. The molecular formula is C26H32N4O4S. The minimum absolute atomic E-state index is 0.0608. The number of hydrogen-bond donors (Lipinski definition) is 3. The number of ether oxygens (including phenoxy) is 1. The lowest BCUT2D eigenvalue weighted by Crippen LogP contribution is -2.44. The molecule has 0 bridgehead atoms. The van der Waals surface area contributed by atoms with E-state index in [0.29, 0.717) is 19.4 Å². The van der Waals surface area contributed by atoms with E-state index in [2.05, 4.69) is 20.3 Å². The second-order valence-electron chi connectivity index (χ2n) is 8.85. The number of carboxylic acids is 1. The lowest BCUT2D eigenvalue weighted by Gasteiger charge is -2.37. The molecule has 0 amide bonds. The molecule has 3 aromatic rings. The van der Waals surface area contributed by atoms with Crippen molar-refractivity contribution in [3.8, 4) is 5.75 Å². The Kier molecular flexibility index (Phi) is 8.92. The van der Waals surface area contributed by atoms with Crippen molar-refractivity contribution in [1.29, 1.82) is 0 Å². The molecule has 1 aliphatic heterocycles. The van der Waals surface area contributed by atoms with Crippen LogP contribution in [0.5, 0.6) is 5.75 Å². The minimum Gasteiger partial charge on any atom is -0.497 e. The van der Waals surface area contributed by atoms with E-state index in [1.807, 2.05) is 42.5 Å². The van der Waals surface area contributed by atoms with Crippen molar-refractivity contribution in [2.24, 2.45) is 11.8 Å². The molecule has 9 heteroatoms. The average molecular weight is 497 g/mol. The number of pyridine rings is 2. The number of nitrogens with one attached hydrogen (secondary N) is 1. The van der Waals surface area contributed by atoms with Gasteiger partial charge >= 0.3 is 5.97 Å². The van der Waals surface area contributed by atoms with Gasteiger partial charge in [0.05, 0.1) is 29.6 Å². The first-order valence-corrected chi connectivity index (χ1v) is 12.9. The smallest absolute Gasteiger partial charge is 0.308 e. The third-order valence-electron chi connectivity index (χ3n) is 6.79. The number of hydrogen-bond acceptors (Lipinski definition) is 8. The van der Waals surface area contributed by atoms with Gasteiger partial charge < -0.3 is 20.0 Å². The molecule has 0 radical (unpaired) electrons. The number of likely N-dealkylation sites (tertiary alicyclic amines) is 1. The molecule has 0 saturated carbocycles. The van der Waals surface area contributed by atoms with Gasteiger partial charge in [0.1, 0.15) is 5.75 Å². The van der Waals surface area contributed by atoms with Crippen LogP contribution < -0.4 is 10.2 Å². The summed E-state index contributed by atoms with van der Waals surface area (Å²) in [5, 5.41) is 21.8. The minimum atomic E-state index is -0.746. The highest BCUT2D eigenvalue weighted by molar-refractivity contribution is 7.99. The molecule has 4 rings (SSSR count).